The molecule has 1 atom stereocenters. The maximum atomic E-state index is 10.1. The summed E-state index contributed by atoms with van der Waals surface area (Å²) in [5.41, 5.74) is 3.03. The van der Waals surface area contributed by atoms with Crippen LogP contribution in [0.3, 0.4) is 0 Å². The van der Waals surface area contributed by atoms with Crippen molar-refractivity contribution in [2.24, 2.45) is 0 Å². The van der Waals surface area contributed by atoms with Gasteiger partial charge in [-0.25, -0.2) is 0 Å². The Morgan fingerprint density at radius 2 is 1.89 bits per heavy atom. The summed E-state index contributed by atoms with van der Waals surface area (Å²) in [6, 6.07) is 11.8. The van der Waals surface area contributed by atoms with Crippen LogP contribution in [0.2, 0.25) is 0 Å². The normalized spacial score (nSPS) is 12.2. The first-order valence-electron chi connectivity index (χ1n) is 6.42. The van der Waals surface area contributed by atoms with E-state index in [1.54, 1.807) is 13.3 Å². The van der Waals surface area contributed by atoms with Gasteiger partial charge in [0.15, 0.2) is 0 Å². The molecule has 0 amide bonds. The number of hydrogen-bond acceptors (Lipinski definition) is 3. The van der Waals surface area contributed by atoms with E-state index < -0.39 is 6.10 Å². The summed E-state index contributed by atoms with van der Waals surface area (Å²) < 4.78 is 5.12. The number of benzene rings is 1. The summed E-state index contributed by atoms with van der Waals surface area (Å²) in [5.74, 6) is 0.851. The molecule has 1 aromatic carbocycles. The van der Waals surface area contributed by atoms with Crippen molar-refractivity contribution in [2.75, 3.05) is 7.11 Å². The Labute approximate surface area is 113 Å². The maximum absolute atomic E-state index is 10.1. The SMILES string of the molecule is COc1ccc(CCC(O)c2ccc(C)cn2)cc1. The van der Waals surface area contributed by atoms with Crippen molar-refractivity contribution in [1.82, 2.24) is 4.98 Å². The van der Waals surface area contributed by atoms with Crippen LogP contribution in [-0.4, -0.2) is 17.2 Å². The fourth-order valence-electron chi connectivity index (χ4n) is 1.92. The predicted molar refractivity (Wildman–Crippen MR) is 75.2 cm³/mol. The zero-order valence-corrected chi connectivity index (χ0v) is 11.3. The molecular weight excluding hydrogens is 238 g/mol. The van der Waals surface area contributed by atoms with Gasteiger partial charge in [-0.2, -0.15) is 0 Å². The molecule has 0 saturated carbocycles. The predicted octanol–water partition coefficient (Wildman–Crippen LogP) is 3.06. The number of aliphatic hydroxyl groups is 1. The molecule has 1 heterocycles. The van der Waals surface area contributed by atoms with Gasteiger partial charge in [0.05, 0.1) is 18.9 Å². The van der Waals surface area contributed by atoms with Crippen molar-refractivity contribution in [3.8, 4) is 5.75 Å². The molecule has 3 nitrogen and oxygen atoms in total. The third kappa shape index (κ3) is 3.80. The zero-order chi connectivity index (χ0) is 13.7. The zero-order valence-electron chi connectivity index (χ0n) is 11.3. The van der Waals surface area contributed by atoms with Crippen molar-refractivity contribution < 1.29 is 9.84 Å². The summed E-state index contributed by atoms with van der Waals surface area (Å²) in [7, 11) is 1.65. The van der Waals surface area contributed by atoms with Gasteiger partial charge in [0.2, 0.25) is 0 Å². The van der Waals surface area contributed by atoms with Gasteiger partial charge in [-0.05, 0) is 49.1 Å². The van der Waals surface area contributed by atoms with E-state index in [0.29, 0.717) is 6.42 Å². The first-order chi connectivity index (χ1) is 9.19. The monoisotopic (exact) mass is 257 g/mol. The van der Waals surface area contributed by atoms with E-state index in [9.17, 15) is 5.11 Å². The number of nitrogens with zero attached hydrogens (tertiary/aromatic N) is 1. The second-order valence-electron chi connectivity index (χ2n) is 4.66. The highest BCUT2D eigenvalue weighted by atomic mass is 16.5. The molecule has 0 aliphatic heterocycles. The largest absolute Gasteiger partial charge is 0.497 e. The third-order valence-electron chi connectivity index (χ3n) is 3.14. The topological polar surface area (TPSA) is 42.4 Å². The molecule has 0 radical (unpaired) electrons. The van der Waals surface area contributed by atoms with E-state index in [0.717, 1.165) is 23.4 Å². The molecular formula is C16H19NO2. The number of methoxy groups -OCH3 is 1. The number of rotatable bonds is 5. The van der Waals surface area contributed by atoms with Crippen LogP contribution in [-0.2, 0) is 6.42 Å². The quantitative estimate of drug-likeness (QED) is 0.895. The van der Waals surface area contributed by atoms with E-state index in [1.807, 2.05) is 43.3 Å². The Kier molecular flexibility index (Phi) is 4.53. The number of hydrogen-bond donors (Lipinski definition) is 1. The van der Waals surface area contributed by atoms with Gasteiger partial charge >= 0.3 is 0 Å². The molecule has 0 fully saturated rings. The molecule has 100 valence electrons. The lowest BCUT2D eigenvalue weighted by atomic mass is 10.0. The second kappa shape index (κ2) is 6.34. The summed E-state index contributed by atoms with van der Waals surface area (Å²) in [5, 5.41) is 10.1. The average molecular weight is 257 g/mol. The molecule has 2 rings (SSSR count). The average Bonchev–Trinajstić information content (AvgIpc) is 2.46. The van der Waals surface area contributed by atoms with E-state index in [1.165, 1.54) is 5.56 Å². The molecule has 3 heteroatoms. The van der Waals surface area contributed by atoms with Crippen molar-refractivity contribution in [1.29, 1.82) is 0 Å². The number of pyridine rings is 1. The Balaban J connectivity index is 1.92. The van der Waals surface area contributed by atoms with Crippen LogP contribution in [0, 0.1) is 6.92 Å². The minimum Gasteiger partial charge on any atom is -0.497 e. The summed E-state index contributed by atoms with van der Waals surface area (Å²) >= 11 is 0. The lowest BCUT2D eigenvalue weighted by molar-refractivity contribution is 0.163. The number of aromatic nitrogens is 1. The van der Waals surface area contributed by atoms with Crippen molar-refractivity contribution in [3.05, 3.63) is 59.4 Å². The standard InChI is InChI=1S/C16H19NO2/c1-12-3-9-15(17-11-12)16(18)10-6-13-4-7-14(19-2)8-5-13/h3-5,7-9,11,16,18H,6,10H2,1-2H3. The Morgan fingerprint density at radius 1 is 1.16 bits per heavy atom. The van der Waals surface area contributed by atoms with E-state index in [-0.39, 0.29) is 0 Å². The maximum Gasteiger partial charge on any atom is 0.118 e. The Hall–Kier alpha value is -1.87. The fraction of sp³-hybridized carbons (Fsp3) is 0.312. The van der Waals surface area contributed by atoms with E-state index in [2.05, 4.69) is 4.98 Å². The smallest absolute Gasteiger partial charge is 0.118 e. The van der Waals surface area contributed by atoms with Crippen molar-refractivity contribution >= 4 is 0 Å². The summed E-state index contributed by atoms with van der Waals surface area (Å²) in [6.45, 7) is 1.99. The third-order valence-corrected chi connectivity index (χ3v) is 3.14. The minimum atomic E-state index is -0.511. The van der Waals surface area contributed by atoms with Crippen molar-refractivity contribution in [3.63, 3.8) is 0 Å². The molecule has 0 aliphatic rings. The fourth-order valence-corrected chi connectivity index (χ4v) is 1.92. The number of aryl methyl sites for hydroxylation is 2. The lowest BCUT2D eigenvalue weighted by Crippen LogP contribution is -2.02. The van der Waals surface area contributed by atoms with Crippen LogP contribution in [0.25, 0.3) is 0 Å². The van der Waals surface area contributed by atoms with Gasteiger partial charge in [-0.1, -0.05) is 18.2 Å². The highest BCUT2D eigenvalue weighted by molar-refractivity contribution is 5.27. The van der Waals surface area contributed by atoms with Crippen LogP contribution in [0.1, 0.15) is 29.3 Å². The van der Waals surface area contributed by atoms with Gasteiger partial charge in [0.1, 0.15) is 5.75 Å². The van der Waals surface area contributed by atoms with Gasteiger partial charge in [0.25, 0.3) is 0 Å². The van der Waals surface area contributed by atoms with Gasteiger partial charge in [-0.15, -0.1) is 0 Å². The number of ether oxygens (including phenoxy) is 1. The molecule has 2 aromatic rings. The van der Waals surface area contributed by atoms with Crippen LogP contribution in [0.15, 0.2) is 42.6 Å². The van der Waals surface area contributed by atoms with Gasteiger partial charge in [0, 0.05) is 6.20 Å². The van der Waals surface area contributed by atoms with Crippen LogP contribution >= 0.6 is 0 Å². The van der Waals surface area contributed by atoms with Gasteiger partial charge < -0.3 is 9.84 Å². The van der Waals surface area contributed by atoms with E-state index >= 15 is 0 Å². The minimum absolute atomic E-state index is 0.511. The molecule has 0 spiro atoms. The molecule has 1 N–H and O–H groups in total. The molecule has 0 saturated heterocycles. The van der Waals surface area contributed by atoms with Crippen LogP contribution < -0.4 is 4.74 Å². The highest BCUT2D eigenvalue weighted by Crippen LogP contribution is 2.19. The highest BCUT2D eigenvalue weighted by Gasteiger charge is 2.08. The molecule has 1 aromatic heterocycles. The molecule has 19 heavy (non-hydrogen) atoms. The molecule has 0 aliphatic carbocycles. The van der Waals surface area contributed by atoms with Crippen LogP contribution in [0.4, 0.5) is 0 Å². The van der Waals surface area contributed by atoms with Gasteiger partial charge in [-0.3, -0.25) is 4.98 Å². The van der Waals surface area contributed by atoms with Crippen molar-refractivity contribution in [2.45, 2.75) is 25.9 Å². The first-order valence-corrected chi connectivity index (χ1v) is 6.42. The molecule has 0 bridgehead atoms. The lowest BCUT2D eigenvalue weighted by Gasteiger charge is -2.10. The summed E-state index contributed by atoms with van der Waals surface area (Å²) in [6.07, 6.45) is 2.76. The molecule has 1 unspecified atom stereocenters. The second-order valence-corrected chi connectivity index (χ2v) is 4.66. The first kappa shape index (κ1) is 13.6. The Morgan fingerprint density at radius 3 is 2.47 bits per heavy atom. The number of aliphatic hydroxyl groups excluding tert-OH is 1. The van der Waals surface area contributed by atoms with Crippen LogP contribution in [0.5, 0.6) is 5.75 Å². The Bertz CT molecular complexity index is 505. The summed E-state index contributed by atoms with van der Waals surface area (Å²) in [4.78, 5) is 4.25. The van der Waals surface area contributed by atoms with E-state index in [4.69, 9.17) is 4.74 Å².